The van der Waals surface area contributed by atoms with Crippen LogP contribution < -0.4 is 0 Å². The Hall–Kier alpha value is -1.05. The number of aliphatic hydroxyl groups is 1. The Kier molecular flexibility index (Phi) is 6.77. The largest absolute Gasteiger partial charge is 0.387 e. The molecule has 104 valence electrons. The van der Waals surface area contributed by atoms with Crippen LogP contribution in [-0.2, 0) is 16.0 Å². The first-order chi connectivity index (χ1) is 8.65. The highest BCUT2D eigenvalue weighted by Gasteiger charge is 2.13. The molecule has 0 amide bonds. The molecule has 0 spiro atoms. The highest BCUT2D eigenvalue weighted by Crippen LogP contribution is 2.16. The summed E-state index contributed by atoms with van der Waals surface area (Å²) >= 11 is 0. The van der Waals surface area contributed by atoms with Gasteiger partial charge < -0.3 is 14.6 Å². The van der Waals surface area contributed by atoms with Gasteiger partial charge in [0, 0.05) is 26.3 Å². The Morgan fingerprint density at radius 3 is 2.89 bits per heavy atom. The minimum atomic E-state index is -2.48. The van der Waals surface area contributed by atoms with Crippen LogP contribution in [0.15, 0.2) is 12.3 Å². The molecule has 1 heterocycles. The maximum Gasteiger partial charge on any atom is 0.261 e. The molecule has 7 heteroatoms. The zero-order valence-corrected chi connectivity index (χ0v) is 10.3. The Labute approximate surface area is 104 Å². The van der Waals surface area contributed by atoms with Gasteiger partial charge in [-0.05, 0) is 6.07 Å². The van der Waals surface area contributed by atoms with Crippen LogP contribution in [0, 0.1) is 0 Å². The lowest BCUT2D eigenvalue weighted by molar-refractivity contribution is 0.00382. The molecule has 18 heavy (non-hydrogen) atoms. The van der Waals surface area contributed by atoms with Crippen LogP contribution in [0.5, 0.6) is 0 Å². The summed E-state index contributed by atoms with van der Waals surface area (Å²) in [5, 5.41) is 13.9. The van der Waals surface area contributed by atoms with E-state index in [1.165, 1.54) is 0 Å². The molecule has 1 aromatic rings. The molecule has 1 atom stereocenters. The van der Waals surface area contributed by atoms with Crippen LogP contribution in [-0.4, -0.2) is 48.2 Å². The zero-order chi connectivity index (χ0) is 13.4. The fourth-order valence-electron chi connectivity index (χ4n) is 1.51. The first-order valence-corrected chi connectivity index (χ1v) is 5.69. The molecule has 0 fully saturated rings. The second-order valence-corrected chi connectivity index (χ2v) is 3.74. The molecule has 0 radical (unpaired) electrons. The van der Waals surface area contributed by atoms with Crippen LogP contribution in [0.1, 0.15) is 18.2 Å². The Morgan fingerprint density at radius 2 is 2.22 bits per heavy atom. The molecule has 1 rings (SSSR count). The van der Waals surface area contributed by atoms with E-state index in [9.17, 15) is 13.9 Å². The topological polar surface area (TPSA) is 56.5 Å². The number of halogens is 2. The van der Waals surface area contributed by atoms with Crippen LogP contribution in [0.3, 0.4) is 0 Å². The predicted octanol–water partition coefficient (Wildman–Crippen LogP) is 1.23. The van der Waals surface area contributed by atoms with E-state index in [1.54, 1.807) is 24.1 Å². The number of rotatable bonds is 9. The van der Waals surface area contributed by atoms with Gasteiger partial charge in [-0.25, -0.2) is 8.78 Å². The number of nitrogens with zero attached hydrogens (tertiary/aromatic N) is 2. The van der Waals surface area contributed by atoms with Gasteiger partial charge in [-0.2, -0.15) is 5.10 Å². The highest BCUT2D eigenvalue weighted by molar-refractivity contribution is 5.04. The molecule has 5 nitrogen and oxygen atoms in total. The van der Waals surface area contributed by atoms with E-state index in [1.807, 2.05) is 0 Å². The summed E-state index contributed by atoms with van der Waals surface area (Å²) in [6.45, 7) is 0.508. The minimum Gasteiger partial charge on any atom is -0.387 e. The Bertz CT molecular complexity index is 334. The summed E-state index contributed by atoms with van der Waals surface area (Å²) < 4.78 is 34.9. The standard InChI is InChI=1S/C11H18F2N2O3/c1-17-7-5-15-9(2-4-14-15)10(16)3-6-18-8-11(12)13/h2,4,10-11,16H,3,5-8H2,1H3. The summed E-state index contributed by atoms with van der Waals surface area (Å²) in [7, 11) is 1.58. The van der Waals surface area contributed by atoms with Crippen LogP contribution in [0.2, 0.25) is 0 Å². The van der Waals surface area contributed by atoms with Crippen LogP contribution in [0.4, 0.5) is 8.78 Å². The summed E-state index contributed by atoms with van der Waals surface area (Å²) in [5.41, 5.74) is 0.632. The number of alkyl halides is 2. The molecular weight excluding hydrogens is 246 g/mol. The number of ether oxygens (including phenoxy) is 2. The van der Waals surface area contributed by atoms with E-state index in [-0.39, 0.29) is 13.0 Å². The van der Waals surface area contributed by atoms with Gasteiger partial charge in [-0.15, -0.1) is 0 Å². The van der Waals surface area contributed by atoms with Crippen molar-refractivity contribution in [2.24, 2.45) is 0 Å². The minimum absolute atomic E-state index is 0.0843. The number of hydrogen-bond donors (Lipinski definition) is 1. The fourth-order valence-corrected chi connectivity index (χ4v) is 1.51. The average molecular weight is 264 g/mol. The second-order valence-electron chi connectivity index (χ2n) is 3.74. The van der Waals surface area contributed by atoms with Crippen molar-refractivity contribution in [1.82, 2.24) is 9.78 Å². The third-order valence-electron chi connectivity index (χ3n) is 2.38. The van der Waals surface area contributed by atoms with Crippen molar-refractivity contribution < 1.29 is 23.4 Å². The first kappa shape index (κ1) is 15.0. The van der Waals surface area contributed by atoms with Crippen molar-refractivity contribution in [1.29, 1.82) is 0 Å². The third-order valence-corrected chi connectivity index (χ3v) is 2.38. The molecule has 0 saturated heterocycles. The molecule has 1 aromatic heterocycles. The molecule has 0 aromatic carbocycles. The summed E-state index contributed by atoms with van der Waals surface area (Å²) in [4.78, 5) is 0. The van der Waals surface area contributed by atoms with E-state index in [0.717, 1.165) is 0 Å². The average Bonchev–Trinajstić information content (AvgIpc) is 2.79. The van der Waals surface area contributed by atoms with E-state index in [0.29, 0.717) is 18.8 Å². The normalized spacial score (nSPS) is 13.2. The zero-order valence-electron chi connectivity index (χ0n) is 10.3. The maximum atomic E-state index is 11.8. The van der Waals surface area contributed by atoms with E-state index in [4.69, 9.17) is 9.47 Å². The SMILES string of the molecule is COCCn1nccc1C(O)CCOCC(F)F. The second kappa shape index (κ2) is 8.12. The smallest absolute Gasteiger partial charge is 0.261 e. The van der Waals surface area contributed by atoms with Gasteiger partial charge in [-0.1, -0.05) is 0 Å². The van der Waals surface area contributed by atoms with Crippen molar-refractivity contribution in [3.05, 3.63) is 18.0 Å². The van der Waals surface area contributed by atoms with Crippen LogP contribution >= 0.6 is 0 Å². The van der Waals surface area contributed by atoms with Crippen molar-refractivity contribution in [3.8, 4) is 0 Å². The molecule has 1 unspecified atom stereocenters. The molecule has 0 saturated carbocycles. The monoisotopic (exact) mass is 264 g/mol. The van der Waals surface area contributed by atoms with E-state index >= 15 is 0 Å². The van der Waals surface area contributed by atoms with Gasteiger partial charge >= 0.3 is 0 Å². The Balaban J connectivity index is 2.36. The number of hydrogen-bond acceptors (Lipinski definition) is 4. The number of methoxy groups -OCH3 is 1. The number of aromatic nitrogens is 2. The van der Waals surface area contributed by atoms with Gasteiger partial charge in [-0.3, -0.25) is 4.68 Å². The fraction of sp³-hybridized carbons (Fsp3) is 0.727. The lowest BCUT2D eigenvalue weighted by Gasteiger charge is -2.13. The summed E-state index contributed by atoms with van der Waals surface area (Å²) in [6.07, 6.45) is -1.42. The van der Waals surface area contributed by atoms with Gasteiger partial charge in [0.1, 0.15) is 6.61 Å². The molecule has 0 aliphatic heterocycles. The molecule has 0 aliphatic carbocycles. The van der Waals surface area contributed by atoms with Crippen molar-refractivity contribution >= 4 is 0 Å². The maximum absolute atomic E-state index is 11.8. The lowest BCUT2D eigenvalue weighted by Crippen LogP contribution is -2.14. The van der Waals surface area contributed by atoms with E-state index in [2.05, 4.69) is 5.10 Å². The summed E-state index contributed by atoms with van der Waals surface area (Å²) in [5.74, 6) is 0. The van der Waals surface area contributed by atoms with Crippen molar-refractivity contribution in [3.63, 3.8) is 0 Å². The van der Waals surface area contributed by atoms with Crippen LogP contribution in [0.25, 0.3) is 0 Å². The highest BCUT2D eigenvalue weighted by atomic mass is 19.3. The lowest BCUT2D eigenvalue weighted by atomic mass is 10.2. The molecule has 1 N–H and O–H groups in total. The van der Waals surface area contributed by atoms with Gasteiger partial charge in [0.05, 0.1) is 24.9 Å². The molecular formula is C11H18F2N2O3. The van der Waals surface area contributed by atoms with Gasteiger partial charge in [0.15, 0.2) is 0 Å². The first-order valence-electron chi connectivity index (χ1n) is 5.69. The molecule has 0 aliphatic rings. The van der Waals surface area contributed by atoms with Crippen molar-refractivity contribution in [2.75, 3.05) is 26.9 Å². The summed E-state index contributed by atoms with van der Waals surface area (Å²) in [6, 6.07) is 1.69. The van der Waals surface area contributed by atoms with Crippen molar-refractivity contribution in [2.45, 2.75) is 25.5 Å². The van der Waals surface area contributed by atoms with Gasteiger partial charge in [0.2, 0.25) is 0 Å². The Morgan fingerprint density at radius 1 is 1.44 bits per heavy atom. The number of aliphatic hydroxyl groups excluding tert-OH is 1. The third kappa shape index (κ3) is 5.07. The van der Waals surface area contributed by atoms with E-state index < -0.39 is 19.1 Å². The molecule has 0 bridgehead atoms. The van der Waals surface area contributed by atoms with Gasteiger partial charge in [0.25, 0.3) is 6.43 Å². The predicted molar refractivity (Wildman–Crippen MR) is 60.5 cm³/mol. The quantitative estimate of drug-likeness (QED) is 0.682.